The molecule has 0 radical (unpaired) electrons. The highest BCUT2D eigenvalue weighted by Crippen LogP contribution is 2.43. The summed E-state index contributed by atoms with van der Waals surface area (Å²) in [5.41, 5.74) is 4.62. The van der Waals surface area contributed by atoms with Crippen molar-refractivity contribution in [1.82, 2.24) is 24.1 Å². The molecule has 0 atom stereocenters. The van der Waals surface area contributed by atoms with Crippen LogP contribution in [-0.4, -0.2) is 92.5 Å². The molecule has 6 rings (SSSR count). The lowest BCUT2D eigenvalue weighted by Crippen LogP contribution is -2.50. The molecule has 11 nitrogen and oxygen atoms in total. The minimum atomic E-state index is -1.77. The van der Waals surface area contributed by atoms with E-state index in [2.05, 4.69) is 4.90 Å². The molecule has 2 aromatic heterocycles. The average Bonchev–Trinajstić information content (AvgIpc) is 3.57. The van der Waals surface area contributed by atoms with Crippen molar-refractivity contribution in [2.24, 2.45) is 7.05 Å². The maximum Gasteiger partial charge on any atom is 0.410 e. The van der Waals surface area contributed by atoms with Crippen molar-refractivity contribution in [1.29, 1.82) is 0 Å². The highest BCUT2D eigenvalue weighted by Gasteiger charge is 2.30. The number of methoxy groups -OCH3 is 1. The van der Waals surface area contributed by atoms with Gasteiger partial charge in [-0.1, -0.05) is 29.8 Å². The molecule has 1 fully saturated rings. The molecule has 284 valence electrons. The smallest absolute Gasteiger partial charge is 0.410 e. The number of amides is 1. The van der Waals surface area contributed by atoms with Crippen LogP contribution in [0.1, 0.15) is 56.1 Å². The molecule has 2 N–H and O–H groups in total. The number of hydrogen-bond acceptors (Lipinski definition) is 8. The Balaban J connectivity index is 1.34. The van der Waals surface area contributed by atoms with Crippen molar-refractivity contribution in [3.05, 3.63) is 82.0 Å². The van der Waals surface area contributed by atoms with Gasteiger partial charge in [0.25, 0.3) is 0 Å². The quantitative estimate of drug-likeness (QED) is 0.104. The Morgan fingerprint density at radius 2 is 1.75 bits per heavy atom. The molecule has 1 aliphatic rings. The van der Waals surface area contributed by atoms with Crippen LogP contribution >= 0.6 is 11.6 Å². The van der Waals surface area contributed by atoms with Crippen molar-refractivity contribution < 1.29 is 33.6 Å². The molecule has 1 saturated heterocycles. The van der Waals surface area contributed by atoms with Gasteiger partial charge in [-0.15, -0.1) is 0 Å². The van der Waals surface area contributed by atoms with Gasteiger partial charge in [-0.2, -0.15) is 5.10 Å². The number of carbonyl (C=O) groups is 1. The number of aliphatic hydroxyl groups is 2. The fourth-order valence-corrected chi connectivity index (χ4v) is 7.62. The standard InChI is InChI=1S/C40H49ClFN5O6/c1-25-34(32(24-51-6)44(5)43-25)35-31(41)15-14-30-29(10-8-22-52-33-11-7-9-26-23-27(42)12-13-28(26)33)37(38(48)49)47(36(30)35)21-18-45-16-19-46(20-17-45)39(50)53-40(2,3)4/h7,9,11-15,23,38,48-49H,8,10,16-22,24H2,1-6H3. The third-order valence-electron chi connectivity index (χ3n) is 9.73. The normalized spacial score (nSPS) is 14.2. The highest BCUT2D eigenvalue weighted by atomic mass is 35.5. The third-order valence-corrected chi connectivity index (χ3v) is 10.0. The molecule has 0 bridgehead atoms. The lowest BCUT2D eigenvalue weighted by Gasteiger charge is -2.35. The number of aliphatic hydroxyl groups excluding tert-OH is 1. The Morgan fingerprint density at radius 1 is 1.02 bits per heavy atom. The lowest BCUT2D eigenvalue weighted by atomic mass is 9.98. The SMILES string of the molecule is COCc1c(-c2c(Cl)ccc3c(CCCOc4cccc5cc(F)ccc45)c(C(O)O)n(CCN4CCN(C(=O)OC(C)(C)C)CC4)c23)c(C)nn1C. The zero-order valence-electron chi connectivity index (χ0n) is 31.3. The number of aromatic nitrogens is 3. The van der Waals surface area contributed by atoms with E-state index in [1.54, 1.807) is 22.8 Å². The van der Waals surface area contributed by atoms with Gasteiger partial charge in [-0.3, -0.25) is 9.58 Å². The van der Waals surface area contributed by atoms with E-state index in [1.807, 2.05) is 69.6 Å². The summed E-state index contributed by atoms with van der Waals surface area (Å²) in [5, 5.41) is 29.7. The van der Waals surface area contributed by atoms with Gasteiger partial charge in [-0.05, 0) is 81.8 Å². The maximum atomic E-state index is 13.9. The van der Waals surface area contributed by atoms with Crippen LogP contribution in [0.3, 0.4) is 0 Å². The summed E-state index contributed by atoms with van der Waals surface area (Å²) >= 11 is 7.08. The van der Waals surface area contributed by atoms with Crippen molar-refractivity contribution >= 4 is 39.4 Å². The number of benzene rings is 3. The van der Waals surface area contributed by atoms with Crippen LogP contribution in [0.5, 0.6) is 5.75 Å². The van der Waals surface area contributed by atoms with E-state index >= 15 is 0 Å². The number of hydrogen-bond donors (Lipinski definition) is 2. The first-order chi connectivity index (χ1) is 25.3. The molecular formula is C40H49ClFN5O6. The van der Waals surface area contributed by atoms with Gasteiger partial charge in [0.2, 0.25) is 0 Å². The van der Waals surface area contributed by atoms with Crippen LogP contribution in [0.4, 0.5) is 9.18 Å². The van der Waals surface area contributed by atoms with E-state index in [9.17, 15) is 19.4 Å². The third kappa shape index (κ3) is 8.32. The molecule has 0 saturated carbocycles. The van der Waals surface area contributed by atoms with Crippen LogP contribution in [0.2, 0.25) is 5.02 Å². The molecule has 53 heavy (non-hydrogen) atoms. The van der Waals surface area contributed by atoms with E-state index in [-0.39, 0.29) is 11.9 Å². The van der Waals surface area contributed by atoms with Crippen LogP contribution in [-0.2, 0) is 36.1 Å². The van der Waals surface area contributed by atoms with Gasteiger partial charge < -0.3 is 33.9 Å². The summed E-state index contributed by atoms with van der Waals surface area (Å²) in [5.74, 6) is 0.352. The van der Waals surface area contributed by atoms with Gasteiger partial charge in [0.1, 0.15) is 17.2 Å². The van der Waals surface area contributed by atoms with Crippen molar-refractivity contribution in [2.45, 2.75) is 65.6 Å². The number of halogens is 2. The largest absolute Gasteiger partial charge is 0.493 e. The molecule has 0 spiro atoms. The van der Waals surface area contributed by atoms with E-state index < -0.39 is 11.9 Å². The second-order valence-electron chi connectivity index (χ2n) is 14.6. The summed E-state index contributed by atoms with van der Waals surface area (Å²) in [6.07, 6.45) is -1.03. The van der Waals surface area contributed by atoms with Crippen LogP contribution < -0.4 is 4.74 Å². The number of fused-ring (bicyclic) bond motifs is 2. The minimum Gasteiger partial charge on any atom is -0.493 e. The van der Waals surface area contributed by atoms with Gasteiger partial charge >= 0.3 is 6.09 Å². The van der Waals surface area contributed by atoms with Crippen LogP contribution in [0.25, 0.3) is 32.8 Å². The number of aryl methyl sites for hydroxylation is 3. The molecule has 3 aromatic carbocycles. The fraction of sp³-hybridized carbons (Fsp3) is 0.450. The molecule has 5 aromatic rings. The number of ether oxygens (including phenoxy) is 3. The van der Waals surface area contributed by atoms with Crippen LogP contribution in [0.15, 0.2) is 48.5 Å². The predicted octanol–water partition coefficient (Wildman–Crippen LogP) is 6.99. The predicted molar refractivity (Wildman–Crippen MR) is 204 cm³/mol. The number of carbonyl (C=O) groups excluding carboxylic acids is 1. The molecule has 1 aliphatic heterocycles. The van der Waals surface area contributed by atoms with Gasteiger partial charge in [-0.25, -0.2) is 9.18 Å². The van der Waals surface area contributed by atoms with E-state index in [4.69, 9.17) is 30.9 Å². The summed E-state index contributed by atoms with van der Waals surface area (Å²) in [6.45, 7) is 11.5. The monoisotopic (exact) mass is 749 g/mol. The average molecular weight is 750 g/mol. The molecule has 0 aliphatic carbocycles. The number of piperazine rings is 1. The lowest BCUT2D eigenvalue weighted by molar-refractivity contribution is -0.0490. The first kappa shape index (κ1) is 38.5. The summed E-state index contributed by atoms with van der Waals surface area (Å²) in [4.78, 5) is 16.7. The first-order valence-electron chi connectivity index (χ1n) is 18.0. The topological polar surface area (TPSA) is 114 Å². The molecule has 3 heterocycles. The Kier molecular flexibility index (Phi) is 11.7. The summed E-state index contributed by atoms with van der Waals surface area (Å²) in [6, 6.07) is 14.0. The van der Waals surface area contributed by atoms with Crippen molar-refractivity contribution in [3.8, 4) is 16.9 Å². The molecule has 13 heteroatoms. The van der Waals surface area contributed by atoms with Crippen molar-refractivity contribution in [3.63, 3.8) is 0 Å². The summed E-state index contributed by atoms with van der Waals surface area (Å²) in [7, 11) is 3.51. The van der Waals surface area contributed by atoms with Gasteiger partial charge in [0.15, 0.2) is 6.29 Å². The van der Waals surface area contributed by atoms with Gasteiger partial charge in [0, 0.05) is 75.3 Å². The van der Waals surface area contributed by atoms with E-state index in [0.29, 0.717) is 81.8 Å². The second-order valence-corrected chi connectivity index (χ2v) is 15.0. The molecular weight excluding hydrogens is 701 g/mol. The minimum absolute atomic E-state index is 0.306. The Morgan fingerprint density at radius 3 is 2.45 bits per heavy atom. The first-order valence-corrected chi connectivity index (χ1v) is 18.4. The fourth-order valence-electron chi connectivity index (χ4n) is 7.38. The second kappa shape index (κ2) is 16.0. The highest BCUT2D eigenvalue weighted by molar-refractivity contribution is 6.35. The van der Waals surface area contributed by atoms with E-state index in [1.165, 1.54) is 12.1 Å². The zero-order valence-corrected chi connectivity index (χ0v) is 32.0. The summed E-state index contributed by atoms with van der Waals surface area (Å²) < 4.78 is 35.0. The van der Waals surface area contributed by atoms with E-state index in [0.717, 1.165) is 49.8 Å². The van der Waals surface area contributed by atoms with Crippen molar-refractivity contribution in [2.75, 3.05) is 46.4 Å². The number of rotatable bonds is 12. The Bertz CT molecular complexity index is 2100. The molecule has 1 amide bonds. The van der Waals surface area contributed by atoms with Crippen LogP contribution in [0, 0.1) is 12.7 Å². The zero-order chi connectivity index (χ0) is 38.0. The molecule has 0 unspecified atom stereocenters. The Hall–Kier alpha value is -4.20. The maximum absolute atomic E-state index is 13.9. The number of nitrogens with zero attached hydrogens (tertiary/aromatic N) is 5. The Labute approximate surface area is 314 Å². The van der Waals surface area contributed by atoms with Gasteiger partial charge in [0.05, 0.1) is 40.8 Å².